The van der Waals surface area contributed by atoms with Gasteiger partial charge in [0.15, 0.2) is 9.84 Å². The summed E-state index contributed by atoms with van der Waals surface area (Å²) >= 11 is 3.43. The third kappa shape index (κ3) is 3.80. The highest BCUT2D eigenvalue weighted by molar-refractivity contribution is 9.10. The molecule has 0 heterocycles. The lowest BCUT2D eigenvalue weighted by molar-refractivity contribution is -0.130. The van der Waals surface area contributed by atoms with Crippen LogP contribution in [0.25, 0.3) is 0 Å². The molecule has 1 aliphatic rings. The maximum atomic E-state index is 12.8. The smallest absolute Gasteiger partial charge is 0.230 e. The summed E-state index contributed by atoms with van der Waals surface area (Å²) in [7, 11) is -3.20. The van der Waals surface area contributed by atoms with Crippen molar-refractivity contribution >= 4 is 31.7 Å². The number of carbonyl (C=O) groups is 1. The lowest BCUT2D eigenvalue weighted by atomic mass is 9.64. The van der Waals surface area contributed by atoms with Gasteiger partial charge in [0.2, 0.25) is 5.91 Å². The van der Waals surface area contributed by atoms with Gasteiger partial charge >= 0.3 is 0 Å². The molecular weight excluding hydrogens is 402 g/mol. The molecule has 1 amide bonds. The Kier molecular flexibility index (Phi) is 5.02. The molecule has 2 aromatic carbocycles. The van der Waals surface area contributed by atoms with E-state index in [1.165, 1.54) is 6.26 Å². The highest BCUT2D eigenvalue weighted by atomic mass is 79.9. The molecule has 1 N–H and O–H groups in total. The van der Waals surface area contributed by atoms with Crippen LogP contribution in [-0.2, 0) is 26.6 Å². The van der Waals surface area contributed by atoms with Gasteiger partial charge in [-0.05, 0) is 48.2 Å². The van der Waals surface area contributed by atoms with E-state index in [0.717, 1.165) is 34.9 Å². The van der Waals surface area contributed by atoms with Crippen molar-refractivity contribution in [3.63, 3.8) is 0 Å². The summed E-state index contributed by atoms with van der Waals surface area (Å²) in [4.78, 5) is 13.1. The Balaban J connectivity index is 1.70. The minimum Gasteiger partial charge on any atom is -0.351 e. The molecule has 0 atom stereocenters. The third-order valence-corrected chi connectivity index (χ3v) is 6.50. The van der Waals surface area contributed by atoms with Gasteiger partial charge in [-0.2, -0.15) is 0 Å². The van der Waals surface area contributed by atoms with Gasteiger partial charge in [-0.25, -0.2) is 8.42 Å². The fourth-order valence-corrected chi connectivity index (χ4v) is 4.05. The quantitative estimate of drug-likeness (QED) is 0.801. The average molecular weight is 422 g/mol. The average Bonchev–Trinajstić information content (AvgIpc) is 2.53. The van der Waals surface area contributed by atoms with E-state index in [4.69, 9.17) is 0 Å². The molecule has 0 aromatic heterocycles. The molecule has 0 radical (unpaired) electrons. The molecule has 132 valence electrons. The van der Waals surface area contributed by atoms with E-state index in [1.54, 1.807) is 24.3 Å². The standard InChI is InChI=1S/C19H20BrNO3S/c1-25(23,24)17-9-3-14(4-10-17)13-21-18(22)19(11-2-12-19)15-5-7-16(20)8-6-15/h3-10H,2,11-13H2,1H3,(H,21,22). The fourth-order valence-electron chi connectivity index (χ4n) is 3.15. The highest BCUT2D eigenvalue weighted by Gasteiger charge is 2.45. The second-order valence-corrected chi connectivity index (χ2v) is 9.47. The van der Waals surface area contributed by atoms with E-state index in [-0.39, 0.29) is 10.8 Å². The molecule has 1 saturated carbocycles. The number of sulfone groups is 1. The normalized spacial score (nSPS) is 16.1. The van der Waals surface area contributed by atoms with Crippen LogP contribution in [0.2, 0.25) is 0 Å². The minimum absolute atomic E-state index is 0.0354. The lowest BCUT2D eigenvalue weighted by Crippen LogP contribution is -2.48. The van der Waals surface area contributed by atoms with E-state index < -0.39 is 15.3 Å². The first-order valence-corrected chi connectivity index (χ1v) is 10.8. The first-order chi connectivity index (χ1) is 11.8. The molecule has 0 unspecified atom stereocenters. The Morgan fingerprint density at radius 3 is 2.16 bits per heavy atom. The van der Waals surface area contributed by atoms with Crippen LogP contribution in [0.1, 0.15) is 30.4 Å². The van der Waals surface area contributed by atoms with Crippen LogP contribution in [0.3, 0.4) is 0 Å². The van der Waals surface area contributed by atoms with Crippen LogP contribution < -0.4 is 5.32 Å². The third-order valence-electron chi connectivity index (χ3n) is 4.84. The van der Waals surface area contributed by atoms with Crippen molar-refractivity contribution < 1.29 is 13.2 Å². The Morgan fingerprint density at radius 2 is 1.68 bits per heavy atom. The molecular formula is C19H20BrNO3S. The number of rotatable bonds is 5. The molecule has 6 heteroatoms. The van der Waals surface area contributed by atoms with Crippen molar-refractivity contribution in [2.75, 3.05) is 6.26 Å². The number of carbonyl (C=O) groups excluding carboxylic acids is 1. The van der Waals surface area contributed by atoms with Crippen LogP contribution in [0.5, 0.6) is 0 Å². The SMILES string of the molecule is CS(=O)(=O)c1ccc(CNC(=O)C2(c3ccc(Br)cc3)CCC2)cc1. The zero-order valence-corrected chi connectivity index (χ0v) is 16.4. The number of nitrogens with one attached hydrogen (secondary N) is 1. The van der Waals surface area contributed by atoms with Gasteiger partial charge in [-0.15, -0.1) is 0 Å². The molecule has 0 aliphatic heterocycles. The highest BCUT2D eigenvalue weighted by Crippen LogP contribution is 2.44. The van der Waals surface area contributed by atoms with Gasteiger partial charge in [0.05, 0.1) is 10.3 Å². The van der Waals surface area contributed by atoms with E-state index >= 15 is 0 Å². The summed E-state index contributed by atoms with van der Waals surface area (Å²) in [6.07, 6.45) is 3.94. The number of hydrogen-bond acceptors (Lipinski definition) is 3. The zero-order valence-electron chi connectivity index (χ0n) is 14.0. The van der Waals surface area contributed by atoms with Gasteiger partial charge in [0.25, 0.3) is 0 Å². The number of benzene rings is 2. The van der Waals surface area contributed by atoms with Crippen molar-refractivity contribution in [3.05, 3.63) is 64.1 Å². The predicted molar refractivity (Wildman–Crippen MR) is 101 cm³/mol. The Bertz CT molecular complexity index is 870. The predicted octanol–water partition coefficient (Wildman–Crippen LogP) is 3.59. The topological polar surface area (TPSA) is 63.2 Å². The van der Waals surface area contributed by atoms with E-state index in [2.05, 4.69) is 21.2 Å². The maximum absolute atomic E-state index is 12.8. The van der Waals surface area contributed by atoms with Crippen molar-refractivity contribution in [2.45, 2.75) is 36.1 Å². The Morgan fingerprint density at radius 1 is 1.08 bits per heavy atom. The van der Waals surface area contributed by atoms with Gasteiger partial charge in [0, 0.05) is 17.3 Å². The van der Waals surface area contributed by atoms with Crippen LogP contribution in [0.4, 0.5) is 0 Å². The van der Waals surface area contributed by atoms with Crippen LogP contribution >= 0.6 is 15.9 Å². The van der Waals surface area contributed by atoms with Gasteiger partial charge < -0.3 is 5.32 Å². The molecule has 3 rings (SSSR count). The van der Waals surface area contributed by atoms with E-state index in [1.807, 2.05) is 24.3 Å². The zero-order chi connectivity index (χ0) is 18.1. The summed E-state index contributed by atoms with van der Waals surface area (Å²) in [6, 6.07) is 14.6. The van der Waals surface area contributed by atoms with Crippen molar-refractivity contribution in [2.24, 2.45) is 0 Å². The lowest BCUT2D eigenvalue weighted by Gasteiger charge is -2.40. The molecule has 0 saturated heterocycles. The number of halogens is 1. The summed E-state index contributed by atoms with van der Waals surface area (Å²) in [6.45, 7) is 0.390. The maximum Gasteiger partial charge on any atom is 0.230 e. The fraction of sp³-hybridized carbons (Fsp3) is 0.316. The molecule has 1 aliphatic carbocycles. The van der Waals surface area contributed by atoms with Crippen molar-refractivity contribution in [3.8, 4) is 0 Å². The van der Waals surface area contributed by atoms with Crippen LogP contribution in [0.15, 0.2) is 57.9 Å². The molecule has 0 spiro atoms. The monoisotopic (exact) mass is 421 g/mol. The van der Waals surface area contributed by atoms with Gasteiger partial charge in [-0.3, -0.25) is 4.79 Å². The first kappa shape index (κ1) is 18.1. The van der Waals surface area contributed by atoms with Gasteiger partial charge in [0.1, 0.15) is 0 Å². The summed E-state index contributed by atoms with van der Waals surface area (Å²) in [5, 5.41) is 3.01. The van der Waals surface area contributed by atoms with Crippen molar-refractivity contribution in [1.82, 2.24) is 5.32 Å². The molecule has 0 bridgehead atoms. The number of hydrogen-bond donors (Lipinski definition) is 1. The second-order valence-electron chi connectivity index (χ2n) is 6.54. The number of amides is 1. The van der Waals surface area contributed by atoms with Crippen LogP contribution in [0, 0.1) is 0 Å². The van der Waals surface area contributed by atoms with Gasteiger partial charge in [-0.1, -0.05) is 46.6 Å². The summed E-state index contributed by atoms with van der Waals surface area (Å²) in [5.74, 6) is 0.0354. The molecule has 4 nitrogen and oxygen atoms in total. The first-order valence-electron chi connectivity index (χ1n) is 8.15. The summed E-state index contributed by atoms with van der Waals surface area (Å²) < 4.78 is 24.0. The Labute approximate surface area is 156 Å². The van der Waals surface area contributed by atoms with Crippen LogP contribution in [-0.4, -0.2) is 20.6 Å². The molecule has 1 fully saturated rings. The van der Waals surface area contributed by atoms with E-state index in [9.17, 15) is 13.2 Å². The molecule has 25 heavy (non-hydrogen) atoms. The molecule has 2 aromatic rings. The second kappa shape index (κ2) is 6.92. The van der Waals surface area contributed by atoms with E-state index in [0.29, 0.717) is 6.54 Å². The van der Waals surface area contributed by atoms with Crippen molar-refractivity contribution in [1.29, 1.82) is 0 Å². The Hall–Kier alpha value is -1.66. The summed E-state index contributed by atoms with van der Waals surface area (Å²) in [5.41, 5.74) is 1.49. The minimum atomic E-state index is -3.20. The largest absolute Gasteiger partial charge is 0.351 e.